The van der Waals surface area contributed by atoms with Crippen molar-refractivity contribution < 1.29 is 14.5 Å². The maximum Gasteiger partial charge on any atom is 0.276 e. The zero-order chi connectivity index (χ0) is 19.6. The molecule has 1 saturated heterocycles. The molecule has 1 heterocycles. The first-order valence-corrected chi connectivity index (χ1v) is 8.44. The van der Waals surface area contributed by atoms with E-state index in [1.54, 1.807) is 25.2 Å². The first-order valence-electron chi connectivity index (χ1n) is 8.44. The van der Waals surface area contributed by atoms with Gasteiger partial charge in [0.2, 0.25) is 5.91 Å². The van der Waals surface area contributed by atoms with Crippen LogP contribution in [0.15, 0.2) is 60.3 Å². The number of amides is 2. The fourth-order valence-corrected chi connectivity index (χ4v) is 3.12. The molecule has 2 amide bonds. The van der Waals surface area contributed by atoms with Crippen LogP contribution >= 0.6 is 0 Å². The fourth-order valence-electron chi connectivity index (χ4n) is 3.12. The second kappa shape index (κ2) is 7.41. The van der Waals surface area contributed by atoms with E-state index in [1.807, 2.05) is 30.3 Å². The van der Waals surface area contributed by atoms with Crippen molar-refractivity contribution in [2.45, 2.75) is 12.5 Å². The van der Waals surface area contributed by atoms with Gasteiger partial charge in [-0.25, -0.2) is 0 Å². The minimum Gasteiger partial charge on any atom is -0.328 e. The highest BCUT2D eigenvalue weighted by Gasteiger charge is 2.39. The third-order valence-electron chi connectivity index (χ3n) is 4.68. The van der Waals surface area contributed by atoms with E-state index in [0.29, 0.717) is 6.42 Å². The molecule has 0 aromatic heterocycles. The molecule has 3 rings (SSSR count). The van der Waals surface area contributed by atoms with Gasteiger partial charge in [0.1, 0.15) is 11.7 Å². The van der Waals surface area contributed by atoms with Gasteiger partial charge in [0.25, 0.3) is 11.6 Å². The fraction of sp³-hybridized carbons (Fsp3) is 0.200. The molecule has 1 aliphatic rings. The number of piperazine rings is 1. The van der Waals surface area contributed by atoms with E-state index >= 15 is 0 Å². The van der Waals surface area contributed by atoms with E-state index < -0.39 is 11.0 Å². The minimum atomic E-state index is -0.618. The lowest BCUT2D eigenvalue weighted by molar-refractivity contribution is -0.385. The highest BCUT2D eigenvalue weighted by Crippen LogP contribution is 2.26. The summed E-state index contributed by atoms with van der Waals surface area (Å²) in [4.78, 5) is 39.1. The number of hydrogen-bond donors (Lipinski definition) is 0. The van der Waals surface area contributed by atoms with Crippen molar-refractivity contribution in [3.8, 4) is 0 Å². The molecule has 27 heavy (non-hydrogen) atoms. The van der Waals surface area contributed by atoms with Crippen LogP contribution in [0.4, 0.5) is 5.69 Å². The van der Waals surface area contributed by atoms with Crippen LogP contribution in [0.2, 0.25) is 0 Å². The smallest absolute Gasteiger partial charge is 0.276 e. The molecule has 0 N–H and O–H groups in total. The number of nitro benzene ring substituents is 1. The molecule has 1 aliphatic heterocycles. The number of carbonyl (C=O) groups is 2. The molecular weight excluding hydrogens is 346 g/mol. The van der Waals surface area contributed by atoms with Gasteiger partial charge in [-0.3, -0.25) is 19.7 Å². The van der Waals surface area contributed by atoms with Crippen LogP contribution in [0.3, 0.4) is 0 Å². The zero-order valence-electron chi connectivity index (χ0n) is 15.0. The van der Waals surface area contributed by atoms with Crippen molar-refractivity contribution in [3.63, 3.8) is 0 Å². The Morgan fingerprint density at radius 1 is 1.04 bits per heavy atom. The minimum absolute atomic E-state index is 0.112. The van der Waals surface area contributed by atoms with Gasteiger partial charge in [-0.1, -0.05) is 42.5 Å². The van der Waals surface area contributed by atoms with Crippen molar-refractivity contribution in [1.29, 1.82) is 0 Å². The Kier molecular flexibility index (Phi) is 5.03. The average molecular weight is 365 g/mol. The summed E-state index contributed by atoms with van der Waals surface area (Å²) >= 11 is 0. The topological polar surface area (TPSA) is 83.8 Å². The third-order valence-corrected chi connectivity index (χ3v) is 4.68. The number of likely N-dealkylation sites (N-methyl/N-ethyl adjacent to an activating group) is 2. The predicted octanol–water partition coefficient (Wildman–Crippen LogP) is 2.48. The van der Waals surface area contributed by atoms with Crippen LogP contribution in [0.5, 0.6) is 0 Å². The quantitative estimate of drug-likeness (QED) is 0.473. The van der Waals surface area contributed by atoms with Crippen LogP contribution in [-0.4, -0.2) is 46.7 Å². The van der Waals surface area contributed by atoms with Crippen LogP contribution in [0, 0.1) is 10.1 Å². The maximum atomic E-state index is 12.9. The summed E-state index contributed by atoms with van der Waals surface area (Å²) in [7, 11) is 3.10. The SMILES string of the molecule is CN1C(=O)C(Cc2ccccc2)N(C)C(=O)/C1=C\c1ccccc1[N+](=O)[O-]. The van der Waals surface area contributed by atoms with E-state index in [9.17, 15) is 19.7 Å². The summed E-state index contributed by atoms with van der Waals surface area (Å²) in [6.45, 7) is 0. The standard InChI is InChI=1S/C20H19N3O4/c1-21-17(12-14-8-4-3-5-9-14)19(24)22(2)18(20(21)25)13-15-10-6-7-11-16(15)23(26)27/h3-11,13,17H,12H2,1-2H3/b18-13+. The van der Waals surface area contributed by atoms with Crippen LogP contribution in [0.1, 0.15) is 11.1 Å². The number of benzene rings is 2. The molecule has 0 radical (unpaired) electrons. The van der Waals surface area contributed by atoms with E-state index in [-0.39, 0.29) is 28.8 Å². The number of nitrogens with zero attached hydrogens (tertiary/aromatic N) is 3. The number of hydrogen-bond acceptors (Lipinski definition) is 4. The number of rotatable bonds is 4. The van der Waals surface area contributed by atoms with Crippen LogP contribution in [-0.2, 0) is 16.0 Å². The van der Waals surface area contributed by atoms with Gasteiger partial charge in [-0.15, -0.1) is 0 Å². The Labute approximate surface area is 156 Å². The summed E-state index contributed by atoms with van der Waals surface area (Å²) in [6, 6.07) is 15.0. The summed E-state index contributed by atoms with van der Waals surface area (Å²) in [5.41, 5.74) is 1.23. The summed E-state index contributed by atoms with van der Waals surface area (Å²) in [5, 5.41) is 11.2. The molecule has 0 aliphatic carbocycles. The molecule has 138 valence electrons. The van der Waals surface area contributed by atoms with E-state index in [4.69, 9.17) is 0 Å². The van der Waals surface area contributed by atoms with Gasteiger partial charge in [-0.05, 0) is 17.7 Å². The second-order valence-corrected chi connectivity index (χ2v) is 6.36. The maximum absolute atomic E-state index is 12.9. The normalized spacial score (nSPS) is 18.9. The molecule has 2 aromatic carbocycles. The molecule has 1 fully saturated rings. The first-order chi connectivity index (χ1) is 12.9. The average Bonchev–Trinajstić information content (AvgIpc) is 2.68. The summed E-state index contributed by atoms with van der Waals surface area (Å²) < 4.78 is 0. The number of para-hydroxylation sites is 1. The Morgan fingerprint density at radius 3 is 2.33 bits per heavy atom. The van der Waals surface area contributed by atoms with Gasteiger partial charge in [0.05, 0.1) is 10.5 Å². The molecule has 1 unspecified atom stereocenters. The molecule has 0 saturated carbocycles. The molecule has 7 heteroatoms. The molecule has 7 nitrogen and oxygen atoms in total. The number of carbonyl (C=O) groups excluding carboxylic acids is 2. The van der Waals surface area contributed by atoms with E-state index in [1.165, 1.54) is 29.0 Å². The highest BCUT2D eigenvalue weighted by atomic mass is 16.6. The Bertz CT molecular complexity index is 924. The van der Waals surface area contributed by atoms with Crippen LogP contribution < -0.4 is 0 Å². The lowest BCUT2D eigenvalue weighted by Gasteiger charge is -2.38. The van der Waals surface area contributed by atoms with Crippen molar-refractivity contribution in [2.24, 2.45) is 0 Å². The van der Waals surface area contributed by atoms with Gasteiger partial charge in [-0.2, -0.15) is 0 Å². The summed E-state index contributed by atoms with van der Waals surface area (Å²) in [6.07, 6.45) is 1.80. The Balaban J connectivity index is 1.94. The highest BCUT2D eigenvalue weighted by molar-refractivity contribution is 6.07. The van der Waals surface area contributed by atoms with Crippen molar-refractivity contribution in [3.05, 3.63) is 81.5 Å². The van der Waals surface area contributed by atoms with Gasteiger partial charge >= 0.3 is 0 Å². The van der Waals surface area contributed by atoms with Gasteiger partial charge < -0.3 is 9.80 Å². The monoisotopic (exact) mass is 365 g/mol. The Hall–Kier alpha value is -3.48. The molecule has 0 spiro atoms. The molecular formula is C20H19N3O4. The van der Waals surface area contributed by atoms with Crippen molar-refractivity contribution >= 4 is 23.6 Å². The number of nitro groups is 1. The van der Waals surface area contributed by atoms with Crippen molar-refractivity contribution in [2.75, 3.05) is 14.1 Å². The summed E-state index contributed by atoms with van der Waals surface area (Å²) in [5.74, 6) is -0.582. The third kappa shape index (κ3) is 3.57. The second-order valence-electron chi connectivity index (χ2n) is 6.36. The van der Waals surface area contributed by atoms with Crippen molar-refractivity contribution in [1.82, 2.24) is 9.80 Å². The Morgan fingerprint density at radius 2 is 1.67 bits per heavy atom. The molecule has 2 aromatic rings. The van der Waals surface area contributed by atoms with Gasteiger partial charge in [0, 0.05) is 26.6 Å². The van der Waals surface area contributed by atoms with Crippen LogP contribution in [0.25, 0.3) is 6.08 Å². The largest absolute Gasteiger partial charge is 0.328 e. The lowest BCUT2D eigenvalue weighted by atomic mass is 10.00. The van der Waals surface area contributed by atoms with Gasteiger partial charge in [0.15, 0.2) is 0 Å². The predicted molar refractivity (Wildman–Crippen MR) is 101 cm³/mol. The molecule has 0 bridgehead atoms. The molecule has 1 atom stereocenters. The van der Waals surface area contributed by atoms with E-state index in [0.717, 1.165) is 5.56 Å². The lowest BCUT2D eigenvalue weighted by Crippen LogP contribution is -2.56. The first kappa shape index (κ1) is 18.3. The van der Waals surface area contributed by atoms with E-state index in [2.05, 4.69) is 0 Å². The zero-order valence-corrected chi connectivity index (χ0v) is 15.0.